The van der Waals surface area contributed by atoms with Gasteiger partial charge >= 0.3 is 6.09 Å². The van der Waals surface area contributed by atoms with Gasteiger partial charge in [0.1, 0.15) is 18.7 Å². The van der Waals surface area contributed by atoms with Gasteiger partial charge in [-0.15, -0.1) is 0 Å². The van der Waals surface area contributed by atoms with Gasteiger partial charge in [0.05, 0.1) is 73.7 Å². The smallest absolute Gasteiger partial charge is 0.414 e. The molecule has 24 heteroatoms. The highest BCUT2D eigenvalue weighted by molar-refractivity contribution is 6.13. The number of ether oxygens (including phenoxy) is 6. The van der Waals surface area contributed by atoms with E-state index in [1.54, 1.807) is 92.2 Å². The maximum atomic E-state index is 14.4. The Morgan fingerprint density at radius 1 is 0.717 bits per heavy atom. The molecule has 3 aromatic carbocycles. The van der Waals surface area contributed by atoms with Crippen molar-refractivity contribution in [2.75, 3.05) is 57.3 Å². The fraction of sp³-hybridized carbons (Fsp3) is 0.500. The summed E-state index contributed by atoms with van der Waals surface area (Å²) in [5.74, 6) is -1.82. The molecule has 0 radical (unpaired) electrons. The number of hydrogen-bond acceptors (Lipinski definition) is 16. The van der Waals surface area contributed by atoms with Crippen molar-refractivity contribution in [3.8, 4) is 23.0 Å². The van der Waals surface area contributed by atoms with E-state index >= 15 is 0 Å². The molecule has 24 nitrogen and oxygen atoms in total. The maximum Gasteiger partial charge on any atom is 0.414 e. The van der Waals surface area contributed by atoms with E-state index in [0.29, 0.717) is 96.4 Å². The molecule has 5 atom stereocenters. The number of imide groups is 1. The Labute approximate surface area is 537 Å². The summed E-state index contributed by atoms with van der Waals surface area (Å²) in [6.07, 6.45) is 11.2. The van der Waals surface area contributed by atoms with Crippen molar-refractivity contribution < 1.29 is 71.6 Å². The highest BCUT2D eigenvalue weighted by Gasteiger charge is 2.44. The Balaban J connectivity index is 0.801. The van der Waals surface area contributed by atoms with E-state index in [9.17, 15) is 43.2 Å². The lowest BCUT2D eigenvalue weighted by Gasteiger charge is -2.33. The molecule has 494 valence electrons. The lowest BCUT2D eigenvalue weighted by molar-refractivity contribution is -0.137. The highest BCUT2D eigenvalue weighted by atomic mass is 16.6. The number of nitrogens with zero attached hydrogens (tertiary/aromatic N) is 5. The monoisotopic (exact) mass is 1270 g/mol. The van der Waals surface area contributed by atoms with Gasteiger partial charge in [-0.25, -0.2) is 4.79 Å². The molecule has 4 N–H and O–H groups in total. The van der Waals surface area contributed by atoms with Gasteiger partial charge in [-0.2, -0.15) is 0 Å². The average molecular weight is 1270 g/mol. The number of aliphatic imine (C=N–C) groups is 1. The first kappa shape index (κ1) is 68.8. The van der Waals surface area contributed by atoms with Gasteiger partial charge in [0.15, 0.2) is 23.0 Å². The van der Waals surface area contributed by atoms with E-state index in [0.717, 1.165) is 28.9 Å². The first-order valence-electron chi connectivity index (χ1n) is 31.3. The number of rotatable bonds is 29. The molecule has 1 unspecified atom stereocenters. The summed E-state index contributed by atoms with van der Waals surface area (Å²) in [5.41, 5.74) is 3.01. The lowest BCUT2D eigenvalue weighted by atomic mass is 9.87. The summed E-state index contributed by atoms with van der Waals surface area (Å²) in [7, 11) is 3.02. The van der Waals surface area contributed by atoms with Crippen molar-refractivity contribution in [1.29, 1.82) is 0 Å². The zero-order valence-corrected chi connectivity index (χ0v) is 54.7. The minimum atomic E-state index is -1.00. The number of benzene rings is 3. The van der Waals surface area contributed by atoms with E-state index in [4.69, 9.17) is 28.4 Å². The van der Waals surface area contributed by atoms with E-state index in [1.165, 1.54) is 38.2 Å². The molecule has 5 aliphatic rings. The fourth-order valence-electron chi connectivity index (χ4n) is 11.3. The van der Waals surface area contributed by atoms with E-state index in [-0.39, 0.29) is 80.0 Å². The summed E-state index contributed by atoms with van der Waals surface area (Å²) in [6, 6.07) is 10.3. The van der Waals surface area contributed by atoms with Crippen LogP contribution >= 0.6 is 0 Å². The van der Waals surface area contributed by atoms with Crippen LogP contribution in [0.5, 0.6) is 23.0 Å². The summed E-state index contributed by atoms with van der Waals surface area (Å²) in [6.45, 7) is 19.1. The lowest BCUT2D eigenvalue weighted by Crippen LogP contribution is -2.55. The topological polar surface area (TPSA) is 282 Å². The zero-order chi connectivity index (χ0) is 66.8. The maximum absolute atomic E-state index is 14.4. The predicted molar refractivity (Wildman–Crippen MR) is 344 cm³/mol. The number of anilines is 2. The summed E-state index contributed by atoms with van der Waals surface area (Å²) in [5, 5.41) is 11.2. The number of nitrogens with one attached hydrogen (secondary N) is 4. The van der Waals surface area contributed by atoms with Crippen LogP contribution in [0, 0.1) is 11.3 Å². The van der Waals surface area contributed by atoms with Crippen LogP contribution in [0.1, 0.15) is 147 Å². The van der Waals surface area contributed by atoms with Crippen molar-refractivity contribution in [3.63, 3.8) is 0 Å². The van der Waals surface area contributed by atoms with Gasteiger partial charge < -0.3 is 59.5 Å². The largest absolute Gasteiger partial charge is 0.493 e. The Hall–Kier alpha value is -9.06. The van der Waals surface area contributed by atoms with Gasteiger partial charge in [0.2, 0.25) is 23.6 Å². The first-order valence-corrected chi connectivity index (χ1v) is 31.3. The molecule has 92 heavy (non-hydrogen) atoms. The molecule has 0 spiro atoms. The molecule has 9 amide bonds. The van der Waals surface area contributed by atoms with Crippen LogP contribution in [-0.4, -0.2) is 157 Å². The second-order valence-electron chi connectivity index (χ2n) is 25.5. The van der Waals surface area contributed by atoms with Crippen LogP contribution < -0.4 is 45.1 Å². The van der Waals surface area contributed by atoms with Crippen LogP contribution in [-0.2, 0) is 44.8 Å². The molecule has 0 bridgehead atoms. The molecule has 0 aliphatic carbocycles. The normalized spacial score (nSPS) is 18.2. The van der Waals surface area contributed by atoms with Crippen molar-refractivity contribution in [1.82, 2.24) is 30.7 Å². The third-order valence-electron chi connectivity index (χ3n) is 17.0. The molecule has 3 aromatic rings. The van der Waals surface area contributed by atoms with E-state index < -0.39 is 58.9 Å². The van der Waals surface area contributed by atoms with Gasteiger partial charge in [0.25, 0.3) is 23.6 Å². The molecule has 0 aromatic heterocycles. The summed E-state index contributed by atoms with van der Waals surface area (Å²) >= 11 is 0. The number of fused-ring (bicyclic) bond motifs is 4. The number of carbonyl (C=O) groups is 9. The van der Waals surface area contributed by atoms with Crippen molar-refractivity contribution in [3.05, 3.63) is 101 Å². The molecule has 0 fully saturated rings. The minimum Gasteiger partial charge on any atom is -0.493 e. The van der Waals surface area contributed by atoms with Crippen molar-refractivity contribution in [2.24, 2.45) is 16.3 Å². The molecular weight excluding hydrogens is 1180 g/mol. The van der Waals surface area contributed by atoms with Gasteiger partial charge in [-0.05, 0) is 122 Å². The SMILES string of the molecule is COc1cc2c(cc1OCCCCCOc1cc3c(cc1OC)C(=O)N1C=C(C)C[C@H]1C(C)N3C(=O)OCc1ccc(NC(=O)[C@H](C)NC(=O)[C@@H](NC(=O)C(C)(C)CCOC(C)(C)CCNC(=O)CCN3C(=O)C=CC3=O)C(C)C)cc1)N=C[C@@H]1CC(C)=CN1C2=O. The first-order chi connectivity index (χ1) is 43.7. The predicted octanol–water partition coefficient (Wildman–Crippen LogP) is 8.45. The standard InChI is InChI=1S/C68H87N9O15/c1-40(2)60(73-65(85)67(7,8)24-29-92-68(9,10)23-25-69-57(78)22-26-74-58(79)20-21-59(74)80)62(82)71-43(5)61(81)72-46-18-16-45(17-19-46)39-91-66(86)77-44(6)51-31-42(4)38-76(51)64(84)49-33-54(88-12)56(35-52(49)77)90-28-15-13-14-27-89-55-34-50-48(32-53(55)87-11)63(83)75-37-41(3)30-47(75)36-70-50/h16-21,32-38,40,43-44,47,51,60H,13-15,22-31,39H2,1-12H3,(H,69,78)(H,71,82)(H,72,81)(H,73,85)/t43-,44?,47-,51-,60-/m0/s1. The number of methoxy groups -OCH3 is 2. The van der Waals surface area contributed by atoms with E-state index in [2.05, 4.69) is 26.3 Å². The van der Waals surface area contributed by atoms with Crippen LogP contribution in [0.15, 0.2) is 89.2 Å². The Kier molecular flexibility index (Phi) is 22.4. The van der Waals surface area contributed by atoms with Crippen LogP contribution in [0.4, 0.5) is 21.9 Å². The summed E-state index contributed by atoms with van der Waals surface area (Å²) in [4.78, 5) is 129. The molecule has 5 heterocycles. The number of hydrogen-bond donors (Lipinski definition) is 4. The second-order valence-corrected chi connectivity index (χ2v) is 25.5. The number of amides is 9. The zero-order valence-electron chi connectivity index (χ0n) is 54.7. The molecular formula is C68H87N9O15. The number of unbranched alkanes of at least 4 members (excludes halogenated alkanes) is 2. The molecule has 5 aliphatic heterocycles. The van der Waals surface area contributed by atoms with Crippen molar-refractivity contribution in [2.45, 2.75) is 163 Å². The second kappa shape index (κ2) is 29.9. The highest BCUT2D eigenvalue weighted by Crippen LogP contribution is 2.43. The average Bonchev–Trinajstić information content (AvgIpc) is 1.58. The van der Waals surface area contributed by atoms with Crippen LogP contribution in [0.25, 0.3) is 0 Å². The van der Waals surface area contributed by atoms with Gasteiger partial charge in [0, 0.05) is 80.1 Å². The number of carbonyl (C=O) groups excluding carboxylic acids is 9. The Morgan fingerprint density at radius 2 is 1.34 bits per heavy atom. The van der Waals surface area contributed by atoms with Gasteiger partial charge in [-0.1, -0.05) is 51.0 Å². The fourth-order valence-corrected chi connectivity index (χ4v) is 11.3. The van der Waals surface area contributed by atoms with E-state index in [1.807, 2.05) is 47.0 Å². The van der Waals surface area contributed by atoms with Gasteiger partial charge in [-0.3, -0.25) is 53.1 Å². The van der Waals surface area contributed by atoms with Crippen molar-refractivity contribution >= 4 is 76.6 Å². The quantitative estimate of drug-likeness (QED) is 0.0375. The minimum absolute atomic E-state index is 0.0111. The third-order valence-corrected chi connectivity index (χ3v) is 17.0. The Bertz CT molecular complexity index is 3430. The molecule has 0 saturated heterocycles. The third kappa shape index (κ3) is 16.7. The summed E-state index contributed by atoms with van der Waals surface area (Å²) < 4.78 is 36.0. The molecule has 8 rings (SSSR count). The Morgan fingerprint density at radius 3 is 1.99 bits per heavy atom. The van der Waals surface area contributed by atoms with Crippen LogP contribution in [0.3, 0.4) is 0 Å². The van der Waals surface area contributed by atoms with Crippen LogP contribution in [0.2, 0.25) is 0 Å². The molecule has 0 saturated carbocycles.